The molecule has 0 saturated heterocycles. The Labute approximate surface area is 112 Å². The molecule has 0 unspecified atom stereocenters. The van der Waals surface area contributed by atoms with Crippen molar-refractivity contribution in [3.63, 3.8) is 0 Å². The van der Waals surface area contributed by atoms with Crippen molar-refractivity contribution in [3.8, 4) is 0 Å². The second-order valence-electron chi connectivity index (χ2n) is 4.41. The monoisotopic (exact) mass is 259 g/mol. The maximum Gasteiger partial charge on any atom is 0.164 e. The zero-order valence-corrected chi connectivity index (χ0v) is 11.3. The van der Waals surface area contributed by atoms with Crippen molar-refractivity contribution in [2.24, 2.45) is 0 Å². The van der Waals surface area contributed by atoms with Gasteiger partial charge >= 0.3 is 0 Å². The molecule has 0 radical (unpaired) electrons. The van der Waals surface area contributed by atoms with Crippen LogP contribution in [-0.4, -0.2) is 24.3 Å². The number of thiophene rings is 1. The van der Waals surface area contributed by atoms with Crippen LogP contribution in [0.15, 0.2) is 47.2 Å². The summed E-state index contributed by atoms with van der Waals surface area (Å²) in [6.45, 7) is 1.70. The minimum absolute atomic E-state index is 0.216. The maximum atomic E-state index is 11.9. The number of benzene rings is 1. The molecule has 0 bridgehead atoms. The molecule has 94 valence electrons. The third kappa shape index (κ3) is 3.79. The lowest BCUT2D eigenvalue weighted by atomic mass is 10.1. The summed E-state index contributed by atoms with van der Waals surface area (Å²) in [6, 6.07) is 11.6. The number of hydrogen-bond acceptors (Lipinski definition) is 3. The Morgan fingerprint density at radius 2 is 2.00 bits per heavy atom. The third-order valence-corrected chi connectivity index (χ3v) is 3.58. The van der Waals surface area contributed by atoms with Crippen molar-refractivity contribution >= 4 is 17.1 Å². The number of nitrogens with zero attached hydrogens (tertiary/aromatic N) is 1. The Kier molecular flexibility index (Phi) is 4.67. The van der Waals surface area contributed by atoms with Crippen LogP contribution in [0.4, 0.5) is 0 Å². The van der Waals surface area contributed by atoms with Gasteiger partial charge in [-0.05, 0) is 29.4 Å². The molecule has 1 aromatic heterocycles. The number of carbonyl (C=O) groups excluding carboxylic acids is 1. The quantitative estimate of drug-likeness (QED) is 0.741. The fourth-order valence-corrected chi connectivity index (χ4v) is 2.49. The van der Waals surface area contributed by atoms with E-state index in [1.54, 1.807) is 11.3 Å². The minimum atomic E-state index is 0.216. The fraction of sp³-hybridized carbons (Fsp3) is 0.267. The summed E-state index contributed by atoms with van der Waals surface area (Å²) in [6.07, 6.45) is 0.574. The van der Waals surface area contributed by atoms with E-state index >= 15 is 0 Å². The predicted octanol–water partition coefficient (Wildman–Crippen LogP) is 3.45. The van der Waals surface area contributed by atoms with Crippen LogP contribution in [0.2, 0.25) is 0 Å². The summed E-state index contributed by atoms with van der Waals surface area (Å²) in [7, 11) is 2.05. The molecule has 2 aromatic rings. The van der Waals surface area contributed by atoms with E-state index in [-0.39, 0.29) is 5.78 Å². The second kappa shape index (κ2) is 6.47. The van der Waals surface area contributed by atoms with Gasteiger partial charge in [-0.25, -0.2) is 0 Å². The van der Waals surface area contributed by atoms with Crippen LogP contribution in [0.3, 0.4) is 0 Å². The summed E-state index contributed by atoms with van der Waals surface area (Å²) >= 11 is 1.71. The molecule has 18 heavy (non-hydrogen) atoms. The van der Waals surface area contributed by atoms with Crippen LogP contribution in [0.25, 0.3) is 0 Å². The van der Waals surface area contributed by atoms with E-state index in [1.165, 1.54) is 5.56 Å². The van der Waals surface area contributed by atoms with Gasteiger partial charge in [0.1, 0.15) is 0 Å². The van der Waals surface area contributed by atoms with Gasteiger partial charge in [0.25, 0.3) is 0 Å². The van der Waals surface area contributed by atoms with Gasteiger partial charge in [0, 0.05) is 25.1 Å². The standard InChI is InChI=1S/C15H17NOS/c1-16(11-13-8-10-18-12-13)9-7-15(17)14-5-3-2-4-6-14/h2-6,8,10,12H,7,9,11H2,1H3. The van der Waals surface area contributed by atoms with E-state index < -0.39 is 0 Å². The zero-order chi connectivity index (χ0) is 12.8. The lowest BCUT2D eigenvalue weighted by molar-refractivity contribution is 0.0968. The van der Waals surface area contributed by atoms with Crippen molar-refractivity contribution in [2.45, 2.75) is 13.0 Å². The second-order valence-corrected chi connectivity index (χ2v) is 5.19. The van der Waals surface area contributed by atoms with Gasteiger partial charge in [0.15, 0.2) is 5.78 Å². The SMILES string of the molecule is CN(CCC(=O)c1ccccc1)Cc1ccsc1. The molecule has 0 N–H and O–H groups in total. The molecule has 2 nitrogen and oxygen atoms in total. The third-order valence-electron chi connectivity index (χ3n) is 2.85. The Hall–Kier alpha value is -1.45. The molecule has 0 amide bonds. The fourth-order valence-electron chi connectivity index (χ4n) is 1.83. The molecule has 0 aliphatic rings. The topological polar surface area (TPSA) is 20.3 Å². The van der Waals surface area contributed by atoms with Gasteiger partial charge in [0.2, 0.25) is 0 Å². The molecule has 2 rings (SSSR count). The minimum Gasteiger partial charge on any atom is -0.302 e. The normalized spacial score (nSPS) is 10.8. The largest absolute Gasteiger partial charge is 0.302 e. The van der Waals surface area contributed by atoms with E-state index in [2.05, 4.69) is 28.8 Å². The molecule has 0 saturated carbocycles. The molecule has 1 heterocycles. The van der Waals surface area contributed by atoms with Crippen LogP contribution in [-0.2, 0) is 6.54 Å². The number of Topliss-reactive ketones (excluding diaryl/α,β-unsaturated/α-hetero) is 1. The smallest absolute Gasteiger partial charge is 0.164 e. The Bertz CT molecular complexity index is 478. The zero-order valence-electron chi connectivity index (χ0n) is 10.5. The van der Waals surface area contributed by atoms with E-state index in [9.17, 15) is 4.79 Å². The molecule has 3 heteroatoms. The summed E-state index contributed by atoms with van der Waals surface area (Å²) in [5, 5.41) is 4.23. The van der Waals surface area contributed by atoms with E-state index in [1.807, 2.05) is 30.3 Å². The van der Waals surface area contributed by atoms with Crippen LogP contribution in [0.5, 0.6) is 0 Å². The van der Waals surface area contributed by atoms with Crippen molar-refractivity contribution in [1.29, 1.82) is 0 Å². The van der Waals surface area contributed by atoms with Crippen molar-refractivity contribution < 1.29 is 4.79 Å². The highest BCUT2D eigenvalue weighted by Crippen LogP contribution is 2.09. The van der Waals surface area contributed by atoms with Gasteiger partial charge in [0.05, 0.1) is 0 Å². The summed E-state index contributed by atoms with van der Waals surface area (Å²) in [4.78, 5) is 14.1. The number of carbonyl (C=O) groups is 1. The molecule has 1 aromatic carbocycles. The first kappa shape index (κ1) is 13.0. The van der Waals surface area contributed by atoms with E-state index in [0.29, 0.717) is 6.42 Å². The molecule has 0 fully saturated rings. The first-order valence-electron chi connectivity index (χ1n) is 6.03. The van der Waals surface area contributed by atoms with Gasteiger partial charge in [-0.3, -0.25) is 4.79 Å². The molecular weight excluding hydrogens is 242 g/mol. The molecule has 0 aliphatic carbocycles. The highest BCUT2D eigenvalue weighted by Gasteiger charge is 2.07. The summed E-state index contributed by atoms with van der Waals surface area (Å²) in [5.41, 5.74) is 2.12. The van der Waals surface area contributed by atoms with E-state index in [4.69, 9.17) is 0 Å². The first-order chi connectivity index (χ1) is 8.75. The average Bonchev–Trinajstić information content (AvgIpc) is 2.90. The predicted molar refractivity (Wildman–Crippen MR) is 76.0 cm³/mol. The first-order valence-corrected chi connectivity index (χ1v) is 6.98. The van der Waals surface area contributed by atoms with Crippen LogP contribution in [0, 0.1) is 0 Å². The van der Waals surface area contributed by atoms with Crippen LogP contribution >= 0.6 is 11.3 Å². The Balaban J connectivity index is 1.79. The Morgan fingerprint density at radius 1 is 1.22 bits per heavy atom. The van der Waals surface area contributed by atoms with Crippen molar-refractivity contribution in [3.05, 3.63) is 58.3 Å². The van der Waals surface area contributed by atoms with Gasteiger partial charge in [-0.15, -0.1) is 0 Å². The molecule has 0 aliphatic heterocycles. The van der Waals surface area contributed by atoms with Crippen LogP contribution < -0.4 is 0 Å². The lowest BCUT2D eigenvalue weighted by Gasteiger charge is -2.15. The highest BCUT2D eigenvalue weighted by molar-refractivity contribution is 7.07. The lowest BCUT2D eigenvalue weighted by Crippen LogP contribution is -2.21. The highest BCUT2D eigenvalue weighted by atomic mass is 32.1. The number of hydrogen-bond donors (Lipinski definition) is 0. The molecular formula is C15H17NOS. The van der Waals surface area contributed by atoms with Crippen LogP contribution in [0.1, 0.15) is 22.3 Å². The van der Waals surface area contributed by atoms with Crippen molar-refractivity contribution in [1.82, 2.24) is 4.90 Å². The molecule has 0 atom stereocenters. The maximum absolute atomic E-state index is 11.9. The van der Waals surface area contributed by atoms with Gasteiger partial charge in [-0.1, -0.05) is 30.3 Å². The molecule has 0 spiro atoms. The summed E-state index contributed by atoms with van der Waals surface area (Å²) in [5.74, 6) is 0.216. The number of ketones is 1. The van der Waals surface area contributed by atoms with Crippen molar-refractivity contribution in [2.75, 3.05) is 13.6 Å². The van der Waals surface area contributed by atoms with Gasteiger partial charge < -0.3 is 4.90 Å². The average molecular weight is 259 g/mol. The summed E-state index contributed by atoms with van der Waals surface area (Å²) < 4.78 is 0. The Morgan fingerprint density at radius 3 is 2.67 bits per heavy atom. The van der Waals surface area contributed by atoms with E-state index in [0.717, 1.165) is 18.7 Å². The number of rotatable bonds is 6. The van der Waals surface area contributed by atoms with Gasteiger partial charge in [-0.2, -0.15) is 11.3 Å².